The van der Waals surface area contributed by atoms with Crippen molar-refractivity contribution >= 4 is 22.3 Å². The molecule has 0 fully saturated rings. The molecule has 3 rings (SSSR count). The van der Waals surface area contributed by atoms with Crippen molar-refractivity contribution in [2.24, 2.45) is 5.92 Å². The minimum absolute atomic E-state index is 0.169. The quantitative estimate of drug-likeness (QED) is 0.138. The molecule has 6 heteroatoms. The Morgan fingerprint density at radius 1 is 1.02 bits per heavy atom. The van der Waals surface area contributed by atoms with E-state index in [1.807, 2.05) is 49.7 Å². The number of anilines is 1. The minimum atomic E-state index is -0.365. The van der Waals surface area contributed by atoms with Gasteiger partial charge in [0.05, 0.1) is 11.8 Å². The van der Waals surface area contributed by atoms with Gasteiger partial charge in [0.15, 0.2) is 5.13 Å². The molecule has 3 N–H and O–H groups in total. The van der Waals surface area contributed by atoms with Crippen LogP contribution in [0.25, 0.3) is 0 Å². The van der Waals surface area contributed by atoms with E-state index in [4.69, 9.17) is 0 Å². The Hall–Kier alpha value is -2.54. The number of aliphatic hydroxyl groups is 1. The molecular weight excluding hydrogens is 514 g/mol. The van der Waals surface area contributed by atoms with E-state index < -0.39 is 0 Å². The molecule has 40 heavy (non-hydrogen) atoms. The third-order valence-electron chi connectivity index (χ3n) is 7.71. The topological polar surface area (TPSA) is 74.2 Å². The number of aromatic nitrogens is 1. The number of benzene rings is 2. The monoisotopic (exact) mass is 563 g/mol. The summed E-state index contributed by atoms with van der Waals surface area (Å²) in [6.45, 7) is 7.45. The van der Waals surface area contributed by atoms with Gasteiger partial charge < -0.3 is 15.7 Å². The maximum atomic E-state index is 12.7. The highest BCUT2D eigenvalue weighted by atomic mass is 32.1. The third-order valence-corrected chi connectivity index (χ3v) is 8.55. The number of rotatable bonds is 19. The Bertz CT molecular complexity index is 1150. The Balaban J connectivity index is 1.49. The fourth-order valence-electron chi connectivity index (χ4n) is 5.37. The number of hydrogen-bond donors (Lipinski definition) is 3. The van der Waals surface area contributed by atoms with Gasteiger partial charge >= 0.3 is 0 Å². The lowest BCUT2D eigenvalue weighted by Crippen LogP contribution is -2.20. The lowest BCUT2D eigenvalue weighted by Gasteiger charge is -2.21. The first-order chi connectivity index (χ1) is 19.4. The molecule has 0 aliphatic rings. The smallest absolute Gasteiger partial charge is 0.182 e. The van der Waals surface area contributed by atoms with E-state index in [9.17, 15) is 9.90 Å². The fourth-order valence-corrected chi connectivity index (χ4v) is 6.15. The highest BCUT2D eigenvalue weighted by Crippen LogP contribution is 2.27. The van der Waals surface area contributed by atoms with Crippen molar-refractivity contribution in [3.63, 3.8) is 0 Å². The van der Waals surface area contributed by atoms with Crippen LogP contribution in [0.15, 0.2) is 53.9 Å². The summed E-state index contributed by atoms with van der Waals surface area (Å²) in [6, 6.07) is 17.1. The van der Waals surface area contributed by atoms with Crippen molar-refractivity contribution in [3.8, 4) is 0 Å². The average Bonchev–Trinajstić information content (AvgIpc) is 3.40. The van der Waals surface area contributed by atoms with Crippen LogP contribution in [0.1, 0.15) is 106 Å². The van der Waals surface area contributed by atoms with Gasteiger partial charge in [0.25, 0.3) is 0 Å². The Morgan fingerprint density at radius 3 is 2.55 bits per heavy atom. The van der Waals surface area contributed by atoms with Crippen molar-refractivity contribution in [2.75, 3.05) is 18.9 Å². The summed E-state index contributed by atoms with van der Waals surface area (Å²) in [4.78, 5) is 17.3. The zero-order chi connectivity index (χ0) is 28.7. The Morgan fingerprint density at radius 2 is 1.82 bits per heavy atom. The van der Waals surface area contributed by atoms with E-state index in [1.165, 1.54) is 16.7 Å². The lowest BCUT2D eigenvalue weighted by atomic mass is 9.89. The van der Waals surface area contributed by atoms with Crippen LogP contribution < -0.4 is 10.6 Å². The molecular formula is C34H49N3O2S. The Labute approximate surface area is 245 Å². The van der Waals surface area contributed by atoms with Crippen LogP contribution in [0.5, 0.6) is 0 Å². The first kappa shape index (κ1) is 32.0. The maximum absolute atomic E-state index is 12.7. The zero-order valence-corrected chi connectivity index (χ0v) is 25.7. The molecule has 3 aromatic rings. The van der Waals surface area contributed by atoms with Crippen molar-refractivity contribution < 1.29 is 9.90 Å². The van der Waals surface area contributed by atoms with Gasteiger partial charge in [0.2, 0.25) is 0 Å². The third kappa shape index (κ3) is 10.5. The number of aryl methyl sites for hydroxylation is 2. The number of carbonyl (C=O) groups is 1. The molecule has 0 saturated carbocycles. The largest absolute Gasteiger partial charge is 0.388 e. The van der Waals surface area contributed by atoms with Gasteiger partial charge in [0.1, 0.15) is 5.78 Å². The molecule has 0 amide bonds. The Kier molecular flexibility index (Phi) is 13.8. The number of carbonyl (C=O) groups excluding carboxylic acids is 1. The predicted octanol–water partition coefficient (Wildman–Crippen LogP) is 7.85. The number of hydrogen-bond acceptors (Lipinski definition) is 6. The van der Waals surface area contributed by atoms with Gasteiger partial charge in [-0.05, 0) is 74.2 Å². The second-order valence-electron chi connectivity index (χ2n) is 11.1. The molecule has 1 aromatic heterocycles. The van der Waals surface area contributed by atoms with Crippen LogP contribution in [0.2, 0.25) is 0 Å². The van der Waals surface area contributed by atoms with Gasteiger partial charge in [0, 0.05) is 30.8 Å². The van der Waals surface area contributed by atoms with Crippen LogP contribution in [0.4, 0.5) is 5.13 Å². The van der Waals surface area contributed by atoms with Crippen molar-refractivity contribution in [3.05, 3.63) is 81.9 Å². The van der Waals surface area contributed by atoms with Crippen molar-refractivity contribution in [2.45, 2.75) is 97.1 Å². The molecule has 218 valence electrons. The summed E-state index contributed by atoms with van der Waals surface area (Å²) in [6.07, 6.45) is 8.75. The normalized spacial score (nSPS) is 13.6. The standard InChI is InChI=1S/C34H49N3O2S/c1-5-11-28-22-26(17-16-25(3)12-10-15-33(39)27-13-8-7-9-14-27)18-20-31(28)32(35-4)21-19-30(38)23-29-24-40-34(37-29)36-6-2/h7-9,13-14,18,20,22,24-25,32-33,35,39H,5-6,10-12,15-17,19,21,23H2,1-4H3,(H,36,37). The summed E-state index contributed by atoms with van der Waals surface area (Å²) >= 11 is 1.56. The van der Waals surface area contributed by atoms with Gasteiger partial charge in [-0.25, -0.2) is 4.98 Å². The second-order valence-corrected chi connectivity index (χ2v) is 11.9. The molecule has 0 aliphatic carbocycles. The van der Waals surface area contributed by atoms with E-state index in [0.29, 0.717) is 18.8 Å². The lowest BCUT2D eigenvalue weighted by molar-refractivity contribution is -0.118. The number of nitrogens with one attached hydrogen (secondary N) is 2. The number of Topliss-reactive ketones (excluding diaryl/α,β-unsaturated/α-hetero) is 1. The number of ketones is 1. The highest BCUT2D eigenvalue weighted by Gasteiger charge is 2.17. The number of thiazole rings is 1. The first-order valence-electron chi connectivity index (χ1n) is 15.1. The molecule has 0 aliphatic heterocycles. The maximum Gasteiger partial charge on any atom is 0.182 e. The van der Waals surface area contributed by atoms with Crippen LogP contribution >= 0.6 is 11.3 Å². The molecule has 3 unspecified atom stereocenters. The first-order valence-corrected chi connectivity index (χ1v) is 16.0. The summed E-state index contributed by atoms with van der Waals surface area (Å²) in [7, 11) is 2.00. The van der Waals surface area contributed by atoms with E-state index in [0.717, 1.165) is 74.3 Å². The fraction of sp³-hybridized carbons (Fsp3) is 0.529. The van der Waals surface area contributed by atoms with E-state index in [2.05, 4.69) is 47.7 Å². The van der Waals surface area contributed by atoms with E-state index in [-0.39, 0.29) is 17.9 Å². The van der Waals surface area contributed by atoms with Crippen LogP contribution in [-0.4, -0.2) is 29.5 Å². The molecule has 0 saturated heterocycles. The molecule has 3 atom stereocenters. The van der Waals surface area contributed by atoms with Gasteiger partial charge in [-0.2, -0.15) is 0 Å². The van der Waals surface area contributed by atoms with Crippen LogP contribution in [0, 0.1) is 5.92 Å². The molecule has 0 radical (unpaired) electrons. The van der Waals surface area contributed by atoms with Crippen molar-refractivity contribution in [1.82, 2.24) is 10.3 Å². The molecule has 0 bridgehead atoms. The predicted molar refractivity (Wildman–Crippen MR) is 169 cm³/mol. The highest BCUT2D eigenvalue weighted by molar-refractivity contribution is 7.13. The van der Waals surface area contributed by atoms with E-state index >= 15 is 0 Å². The summed E-state index contributed by atoms with van der Waals surface area (Å²) in [5, 5.41) is 20.0. The number of nitrogens with zero attached hydrogens (tertiary/aromatic N) is 1. The van der Waals surface area contributed by atoms with Crippen LogP contribution in [-0.2, 0) is 24.1 Å². The summed E-state index contributed by atoms with van der Waals surface area (Å²) < 4.78 is 0. The van der Waals surface area contributed by atoms with Crippen molar-refractivity contribution in [1.29, 1.82) is 0 Å². The number of aliphatic hydroxyl groups excluding tert-OH is 1. The van der Waals surface area contributed by atoms with Gasteiger partial charge in [-0.3, -0.25) is 4.79 Å². The summed E-state index contributed by atoms with van der Waals surface area (Å²) in [5.74, 6) is 0.868. The summed E-state index contributed by atoms with van der Waals surface area (Å²) in [5.41, 5.74) is 6.01. The van der Waals surface area contributed by atoms with Gasteiger partial charge in [-0.15, -0.1) is 11.3 Å². The molecule has 2 aromatic carbocycles. The minimum Gasteiger partial charge on any atom is -0.388 e. The SMILES string of the molecule is CCCc1cc(CCC(C)CCCC(O)c2ccccc2)ccc1C(CCC(=O)Cc1csc(NCC)n1)NC. The van der Waals surface area contributed by atoms with Crippen LogP contribution in [0.3, 0.4) is 0 Å². The van der Waals surface area contributed by atoms with Gasteiger partial charge in [-0.1, -0.05) is 81.6 Å². The molecule has 5 nitrogen and oxygen atoms in total. The van der Waals surface area contributed by atoms with E-state index in [1.54, 1.807) is 11.3 Å². The zero-order valence-electron chi connectivity index (χ0n) is 24.9. The molecule has 1 heterocycles. The average molecular weight is 564 g/mol. The second kappa shape index (κ2) is 17.3. The molecule has 0 spiro atoms.